The van der Waals surface area contributed by atoms with Crippen LogP contribution in [0.15, 0.2) is 48.7 Å². The highest BCUT2D eigenvalue weighted by atomic mass is 16.5. The third-order valence-corrected chi connectivity index (χ3v) is 7.42. The van der Waals surface area contributed by atoms with E-state index in [9.17, 15) is 14.4 Å². The third-order valence-electron chi connectivity index (χ3n) is 7.42. The Morgan fingerprint density at radius 1 is 1.03 bits per heavy atom. The molecule has 1 saturated carbocycles. The van der Waals surface area contributed by atoms with E-state index in [1.54, 1.807) is 11.0 Å². The van der Waals surface area contributed by atoms with Crippen molar-refractivity contribution >= 4 is 28.6 Å². The maximum Gasteiger partial charge on any atom is 0.255 e. The molecule has 3 N–H and O–H groups in total. The van der Waals surface area contributed by atoms with Crippen LogP contribution in [0.4, 0.5) is 0 Å². The van der Waals surface area contributed by atoms with Crippen molar-refractivity contribution in [2.24, 2.45) is 0 Å². The number of aromatic nitrogens is 1. The van der Waals surface area contributed by atoms with E-state index >= 15 is 0 Å². The number of piperidine rings is 1. The number of aromatic amines is 1. The van der Waals surface area contributed by atoms with E-state index < -0.39 is 11.9 Å². The molecule has 6 rings (SSSR count). The normalized spacial score (nSPS) is 24.2. The van der Waals surface area contributed by atoms with Crippen molar-refractivity contribution in [2.45, 2.75) is 63.4 Å². The molecular weight excluding hydrogens is 444 g/mol. The third kappa shape index (κ3) is 4.18. The second kappa shape index (κ2) is 8.85. The van der Waals surface area contributed by atoms with Crippen molar-refractivity contribution in [3.8, 4) is 5.75 Å². The maximum absolute atomic E-state index is 12.9. The highest BCUT2D eigenvalue weighted by Crippen LogP contribution is 2.32. The lowest BCUT2D eigenvalue weighted by Crippen LogP contribution is -2.52. The van der Waals surface area contributed by atoms with Crippen LogP contribution in [0.1, 0.15) is 53.6 Å². The number of H-pyrrole nitrogens is 1. The minimum atomic E-state index is -0.606. The Bertz CT molecular complexity index is 1320. The molecule has 1 aliphatic carbocycles. The van der Waals surface area contributed by atoms with Gasteiger partial charge < -0.3 is 19.9 Å². The van der Waals surface area contributed by atoms with E-state index in [-0.39, 0.29) is 30.4 Å². The van der Waals surface area contributed by atoms with Crippen molar-refractivity contribution in [1.82, 2.24) is 20.5 Å². The van der Waals surface area contributed by atoms with Gasteiger partial charge in [-0.2, -0.15) is 0 Å². The van der Waals surface area contributed by atoms with Gasteiger partial charge in [-0.1, -0.05) is 6.07 Å². The van der Waals surface area contributed by atoms with Crippen LogP contribution in [0.3, 0.4) is 0 Å². The van der Waals surface area contributed by atoms with Crippen molar-refractivity contribution in [3.05, 3.63) is 65.4 Å². The first kappa shape index (κ1) is 21.9. The number of amides is 3. The molecule has 1 unspecified atom stereocenters. The van der Waals surface area contributed by atoms with Crippen LogP contribution in [0.2, 0.25) is 0 Å². The Labute approximate surface area is 203 Å². The Morgan fingerprint density at radius 3 is 2.83 bits per heavy atom. The van der Waals surface area contributed by atoms with E-state index in [4.69, 9.17) is 4.74 Å². The Morgan fingerprint density at radius 2 is 1.94 bits per heavy atom. The van der Waals surface area contributed by atoms with Gasteiger partial charge in [0.25, 0.3) is 5.91 Å². The molecule has 1 saturated heterocycles. The molecule has 35 heavy (non-hydrogen) atoms. The summed E-state index contributed by atoms with van der Waals surface area (Å²) in [6.07, 6.45) is 5.77. The summed E-state index contributed by atoms with van der Waals surface area (Å²) in [5.41, 5.74) is 3.84. The predicted molar refractivity (Wildman–Crippen MR) is 130 cm³/mol. The SMILES string of the molecule is O=C1CCC(N2Cc3cc(O[C@H]4CCC[C@@H]4NCc4ccc5[nH]ccc5c4)ccc3C2=O)C(=O)N1. The topological polar surface area (TPSA) is 104 Å². The summed E-state index contributed by atoms with van der Waals surface area (Å²) in [6, 6.07) is 13.8. The first-order valence-corrected chi connectivity index (χ1v) is 12.3. The summed E-state index contributed by atoms with van der Waals surface area (Å²) in [6.45, 7) is 1.14. The molecule has 0 radical (unpaired) electrons. The molecule has 0 spiro atoms. The van der Waals surface area contributed by atoms with Crippen LogP contribution in [0, 0.1) is 0 Å². The second-order valence-corrected chi connectivity index (χ2v) is 9.69. The average molecular weight is 473 g/mol. The van der Waals surface area contributed by atoms with Crippen molar-refractivity contribution in [3.63, 3.8) is 0 Å². The molecule has 3 amide bonds. The van der Waals surface area contributed by atoms with Gasteiger partial charge in [0.2, 0.25) is 11.8 Å². The van der Waals surface area contributed by atoms with E-state index in [1.165, 1.54) is 10.9 Å². The molecule has 3 heterocycles. The second-order valence-electron chi connectivity index (χ2n) is 9.69. The molecular formula is C27H28N4O4. The number of nitrogens with one attached hydrogen (secondary N) is 3. The summed E-state index contributed by atoms with van der Waals surface area (Å²) in [5, 5.41) is 7.23. The Kier molecular flexibility index (Phi) is 5.53. The molecule has 3 aliphatic rings. The number of carbonyl (C=O) groups excluding carboxylic acids is 3. The van der Waals surface area contributed by atoms with Crippen LogP contribution < -0.4 is 15.4 Å². The molecule has 8 heteroatoms. The number of imide groups is 1. The molecule has 1 aromatic heterocycles. The van der Waals surface area contributed by atoms with Crippen LogP contribution in [0.5, 0.6) is 5.75 Å². The monoisotopic (exact) mass is 472 g/mol. The molecule has 2 aliphatic heterocycles. The van der Waals surface area contributed by atoms with Gasteiger partial charge in [0.1, 0.15) is 17.9 Å². The summed E-state index contributed by atoms with van der Waals surface area (Å²) >= 11 is 0. The highest BCUT2D eigenvalue weighted by molar-refractivity contribution is 6.05. The average Bonchev–Trinajstić information content (AvgIpc) is 3.57. The number of hydrogen-bond acceptors (Lipinski definition) is 5. The zero-order valence-electron chi connectivity index (χ0n) is 19.4. The van der Waals surface area contributed by atoms with Gasteiger partial charge in [0.05, 0.1) is 0 Å². The molecule has 180 valence electrons. The number of fused-ring (bicyclic) bond motifs is 2. The van der Waals surface area contributed by atoms with E-state index in [0.717, 1.165) is 42.6 Å². The number of hydrogen-bond donors (Lipinski definition) is 3. The fourth-order valence-electron chi connectivity index (χ4n) is 5.56. The maximum atomic E-state index is 12.9. The summed E-state index contributed by atoms with van der Waals surface area (Å²) < 4.78 is 6.39. The summed E-state index contributed by atoms with van der Waals surface area (Å²) in [7, 11) is 0. The molecule has 2 fully saturated rings. The number of ether oxygens (including phenoxy) is 1. The fourth-order valence-corrected chi connectivity index (χ4v) is 5.56. The van der Waals surface area contributed by atoms with Crippen molar-refractivity contribution in [2.75, 3.05) is 0 Å². The fraction of sp³-hybridized carbons (Fsp3) is 0.370. The lowest BCUT2D eigenvalue weighted by Gasteiger charge is -2.29. The standard InChI is InChI=1S/C27H28N4O4/c32-25-9-8-23(26(33)30-25)31-15-18-13-19(5-6-20(18)27(31)34)35-24-3-1-2-22(24)29-14-16-4-7-21-17(12-16)10-11-28-21/h4-7,10-13,22-24,28-29H,1-3,8-9,14-15H2,(H,30,32,33)/t22-,23?,24-/m0/s1. The zero-order valence-corrected chi connectivity index (χ0v) is 19.4. The first-order chi connectivity index (χ1) is 17.0. The summed E-state index contributed by atoms with van der Waals surface area (Å²) in [4.78, 5) is 41.5. The molecule has 2 aromatic carbocycles. The summed E-state index contributed by atoms with van der Waals surface area (Å²) in [5.74, 6) is -0.0970. The van der Waals surface area contributed by atoms with Gasteiger partial charge >= 0.3 is 0 Å². The van der Waals surface area contributed by atoms with Crippen LogP contribution >= 0.6 is 0 Å². The molecule has 3 atom stereocenters. The number of carbonyl (C=O) groups is 3. The van der Waals surface area contributed by atoms with Crippen LogP contribution in [0.25, 0.3) is 10.9 Å². The Balaban J connectivity index is 1.10. The highest BCUT2D eigenvalue weighted by Gasteiger charge is 2.39. The lowest BCUT2D eigenvalue weighted by atomic mass is 10.0. The lowest BCUT2D eigenvalue weighted by molar-refractivity contribution is -0.136. The Hall–Kier alpha value is -3.65. The minimum absolute atomic E-state index is 0.0624. The largest absolute Gasteiger partial charge is 0.489 e. The van der Waals surface area contributed by atoms with Gasteiger partial charge in [-0.05, 0) is 78.6 Å². The van der Waals surface area contributed by atoms with Gasteiger partial charge in [0.15, 0.2) is 0 Å². The quantitative estimate of drug-likeness (QED) is 0.479. The smallest absolute Gasteiger partial charge is 0.255 e. The molecule has 3 aromatic rings. The number of rotatable bonds is 6. The molecule has 0 bridgehead atoms. The van der Waals surface area contributed by atoms with Crippen molar-refractivity contribution < 1.29 is 19.1 Å². The van der Waals surface area contributed by atoms with E-state index in [1.807, 2.05) is 18.3 Å². The van der Waals surface area contributed by atoms with Gasteiger partial charge in [-0.25, -0.2) is 0 Å². The van der Waals surface area contributed by atoms with E-state index in [2.05, 4.69) is 39.9 Å². The van der Waals surface area contributed by atoms with Crippen molar-refractivity contribution in [1.29, 1.82) is 0 Å². The number of nitrogens with zero attached hydrogens (tertiary/aromatic N) is 1. The predicted octanol–water partition coefficient (Wildman–Crippen LogP) is 3.02. The van der Waals surface area contributed by atoms with Crippen LogP contribution in [-0.2, 0) is 22.7 Å². The number of benzene rings is 2. The van der Waals surface area contributed by atoms with Gasteiger partial charge in [-0.3, -0.25) is 19.7 Å². The van der Waals surface area contributed by atoms with Crippen LogP contribution in [-0.4, -0.2) is 45.8 Å². The molecule has 8 nitrogen and oxygen atoms in total. The zero-order chi connectivity index (χ0) is 23.9. The first-order valence-electron chi connectivity index (χ1n) is 12.3. The van der Waals surface area contributed by atoms with Gasteiger partial charge in [-0.15, -0.1) is 0 Å². The minimum Gasteiger partial charge on any atom is -0.489 e. The van der Waals surface area contributed by atoms with E-state index in [0.29, 0.717) is 18.5 Å². The van der Waals surface area contributed by atoms with Gasteiger partial charge in [0, 0.05) is 42.8 Å².